The molecule has 0 aliphatic heterocycles. The minimum Gasteiger partial charge on any atom is -0.329 e. The summed E-state index contributed by atoms with van der Waals surface area (Å²) in [5.74, 6) is 0.386. The van der Waals surface area contributed by atoms with E-state index in [0.717, 1.165) is 12.0 Å². The number of halogens is 2. The van der Waals surface area contributed by atoms with Gasteiger partial charge in [0.1, 0.15) is 0 Å². The van der Waals surface area contributed by atoms with Crippen molar-refractivity contribution in [2.75, 3.05) is 6.54 Å². The van der Waals surface area contributed by atoms with Crippen LogP contribution >= 0.6 is 28.3 Å². The average Bonchev–Trinajstić information content (AvgIpc) is 2.30. The summed E-state index contributed by atoms with van der Waals surface area (Å²) in [5.41, 5.74) is 6.54. The van der Waals surface area contributed by atoms with Crippen molar-refractivity contribution in [3.8, 4) is 0 Å². The lowest BCUT2D eigenvalue weighted by molar-refractivity contribution is 0.465. The summed E-state index contributed by atoms with van der Waals surface area (Å²) >= 11 is 3.28. The predicted octanol–water partition coefficient (Wildman–Crippen LogP) is 2.83. The highest BCUT2D eigenvalue weighted by molar-refractivity contribution is 9.10. The third-order valence-electron chi connectivity index (χ3n) is 2.74. The zero-order valence-corrected chi connectivity index (χ0v) is 15.1. The van der Waals surface area contributed by atoms with Crippen molar-refractivity contribution in [3.05, 3.63) is 28.2 Å². The Balaban J connectivity index is 0.00000361. The zero-order valence-electron chi connectivity index (χ0n) is 11.9. The van der Waals surface area contributed by atoms with Crippen LogP contribution in [-0.4, -0.2) is 21.0 Å². The van der Waals surface area contributed by atoms with E-state index in [1.165, 1.54) is 0 Å². The second-order valence-corrected chi connectivity index (χ2v) is 7.65. The van der Waals surface area contributed by atoms with E-state index >= 15 is 0 Å². The quantitative estimate of drug-likeness (QED) is 0.791. The lowest BCUT2D eigenvalue weighted by Crippen LogP contribution is -2.41. The highest BCUT2D eigenvalue weighted by Crippen LogP contribution is 2.23. The molecule has 0 spiro atoms. The number of nitrogens with one attached hydrogen (secondary N) is 1. The Bertz CT molecular complexity index is 535. The molecule has 116 valence electrons. The molecule has 1 rings (SSSR count). The van der Waals surface area contributed by atoms with Gasteiger partial charge in [-0.2, -0.15) is 0 Å². The molecule has 1 aromatic rings. The molecule has 0 radical (unpaired) electrons. The molecule has 0 aliphatic rings. The van der Waals surface area contributed by atoms with Crippen molar-refractivity contribution in [1.82, 2.24) is 4.72 Å². The molecule has 3 N–H and O–H groups in total. The number of hydrogen-bond acceptors (Lipinski definition) is 3. The Morgan fingerprint density at radius 2 is 1.95 bits per heavy atom. The van der Waals surface area contributed by atoms with Crippen molar-refractivity contribution in [3.63, 3.8) is 0 Å². The lowest BCUT2D eigenvalue weighted by Gasteiger charge is -2.19. The van der Waals surface area contributed by atoms with Crippen LogP contribution in [-0.2, 0) is 10.0 Å². The van der Waals surface area contributed by atoms with Crippen LogP contribution in [0, 0.1) is 12.8 Å². The summed E-state index contributed by atoms with van der Waals surface area (Å²) in [6, 6.07) is 5.01. The lowest BCUT2D eigenvalue weighted by atomic mass is 10.1. The van der Waals surface area contributed by atoms with Crippen LogP contribution in [0.5, 0.6) is 0 Å². The van der Waals surface area contributed by atoms with Gasteiger partial charge in [0.15, 0.2) is 0 Å². The van der Waals surface area contributed by atoms with Gasteiger partial charge in [-0.25, -0.2) is 13.1 Å². The SMILES string of the molecule is Cc1ccc(Br)c(S(=O)(=O)NC(CN)CC(C)C)c1.Cl. The van der Waals surface area contributed by atoms with Crippen LogP contribution in [0.15, 0.2) is 27.6 Å². The van der Waals surface area contributed by atoms with Crippen molar-refractivity contribution < 1.29 is 8.42 Å². The smallest absolute Gasteiger partial charge is 0.241 e. The molecule has 4 nitrogen and oxygen atoms in total. The highest BCUT2D eigenvalue weighted by Gasteiger charge is 2.22. The number of benzene rings is 1. The molecule has 0 amide bonds. The molecule has 0 fully saturated rings. The molecular weight excluding hydrogens is 364 g/mol. The maximum absolute atomic E-state index is 12.4. The normalized spacial score (nSPS) is 13.1. The maximum atomic E-state index is 12.4. The van der Waals surface area contributed by atoms with E-state index in [0.29, 0.717) is 16.9 Å². The number of sulfonamides is 1. The van der Waals surface area contributed by atoms with Gasteiger partial charge in [0.2, 0.25) is 10.0 Å². The molecule has 0 aromatic heterocycles. The van der Waals surface area contributed by atoms with E-state index in [1.54, 1.807) is 12.1 Å². The van der Waals surface area contributed by atoms with E-state index in [2.05, 4.69) is 20.7 Å². The molecule has 0 bridgehead atoms. The minimum absolute atomic E-state index is 0. The highest BCUT2D eigenvalue weighted by atomic mass is 79.9. The van der Waals surface area contributed by atoms with Crippen LogP contribution in [0.4, 0.5) is 0 Å². The summed E-state index contributed by atoms with van der Waals surface area (Å²) in [7, 11) is -3.55. The number of hydrogen-bond donors (Lipinski definition) is 2. The molecule has 1 aromatic carbocycles. The maximum Gasteiger partial charge on any atom is 0.241 e. The van der Waals surface area contributed by atoms with Gasteiger partial charge in [0, 0.05) is 17.1 Å². The topological polar surface area (TPSA) is 72.2 Å². The minimum atomic E-state index is -3.55. The molecule has 7 heteroatoms. The van der Waals surface area contributed by atoms with Gasteiger partial charge < -0.3 is 5.73 Å². The van der Waals surface area contributed by atoms with E-state index in [1.807, 2.05) is 26.8 Å². The Labute approximate surface area is 136 Å². The van der Waals surface area contributed by atoms with Crippen LogP contribution < -0.4 is 10.5 Å². The fourth-order valence-electron chi connectivity index (χ4n) is 1.86. The van der Waals surface area contributed by atoms with Crippen LogP contribution in [0.2, 0.25) is 0 Å². The Morgan fingerprint density at radius 3 is 2.45 bits per heavy atom. The summed E-state index contributed by atoms with van der Waals surface area (Å²) in [6.07, 6.45) is 0.721. The second kappa shape index (κ2) is 8.34. The van der Waals surface area contributed by atoms with Crippen molar-refractivity contribution in [2.24, 2.45) is 11.7 Å². The van der Waals surface area contributed by atoms with Gasteiger partial charge in [-0.05, 0) is 52.9 Å². The molecule has 1 atom stereocenters. The Morgan fingerprint density at radius 1 is 1.35 bits per heavy atom. The number of aryl methyl sites for hydroxylation is 1. The van der Waals surface area contributed by atoms with Gasteiger partial charge in [-0.15, -0.1) is 12.4 Å². The molecule has 0 aliphatic carbocycles. The Hall–Kier alpha value is -0.140. The predicted molar refractivity (Wildman–Crippen MR) is 88.7 cm³/mol. The standard InChI is InChI=1S/C13H21BrN2O2S.ClH/c1-9(2)6-11(8-15)16-19(17,18)13-7-10(3)4-5-12(13)14;/h4-5,7,9,11,16H,6,8,15H2,1-3H3;1H. The first-order chi connectivity index (χ1) is 8.76. The first kappa shape index (κ1) is 19.9. The third-order valence-corrected chi connectivity index (χ3v) is 5.25. The van der Waals surface area contributed by atoms with Crippen LogP contribution in [0.25, 0.3) is 0 Å². The molecule has 0 saturated carbocycles. The first-order valence-corrected chi connectivity index (χ1v) is 8.52. The fourth-order valence-corrected chi connectivity index (χ4v) is 4.17. The fraction of sp³-hybridized carbons (Fsp3) is 0.538. The number of rotatable bonds is 6. The summed E-state index contributed by atoms with van der Waals surface area (Å²) < 4.78 is 28.0. The zero-order chi connectivity index (χ0) is 14.6. The second-order valence-electron chi connectivity index (χ2n) is 5.12. The van der Waals surface area contributed by atoms with E-state index in [-0.39, 0.29) is 23.3 Å². The van der Waals surface area contributed by atoms with Crippen LogP contribution in [0.1, 0.15) is 25.8 Å². The van der Waals surface area contributed by atoms with Gasteiger partial charge in [0.25, 0.3) is 0 Å². The van der Waals surface area contributed by atoms with Crippen molar-refractivity contribution >= 4 is 38.4 Å². The summed E-state index contributed by atoms with van der Waals surface area (Å²) in [6.45, 7) is 6.24. The van der Waals surface area contributed by atoms with Crippen molar-refractivity contribution in [2.45, 2.75) is 38.1 Å². The number of nitrogens with two attached hydrogens (primary N) is 1. The monoisotopic (exact) mass is 384 g/mol. The first-order valence-electron chi connectivity index (χ1n) is 6.24. The van der Waals surface area contributed by atoms with E-state index < -0.39 is 10.0 Å². The van der Waals surface area contributed by atoms with Gasteiger partial charge in [-0.1, -0.05) is 19.9 Å². The molecule has 20 heavy (non-hydrogen) atoms. The summed E-state index contributed by atoms with van der Waals surface area (Å²) in [4.78, 5) is 0.259. The van der Waals surface area contributed by atoms with E-state index in [4.69, 9.17) is 5.73 Å². The van der Waals surface area contributed by atoms with Crippen molar-refractivity contribution in [1.29, 1.82) is 0 Å². The summed E-state index contributed by atoms with van der Waals surface area (Å²) in [5, 5.41) is 0. The largest absolute Gasteiger partial charge is 0.329 e. The van der Waals surface area contributed by atoms with Gasteiger partial charge in [0.05, 0.1) is 4.90 Å². The van der Waals surface area contributed by atoms with Crippen LogP contribution in [0.3, 0.4) is 0 Å². The molecule has 0 saturated heterocycles. The third kappa shape index (κ3) is 5.69. The molecular formula is C13H22BrClN2O2S. The molecule has 1 unspecified atom stereocenters. The van der Waals surface area contributed by atoms with Gasteiger partial charge >= 0.3 is 0 Å². The Kier molecular flexibility index (Phi) is 8.28. The van der Waals surface area contributed by atoms with Gasteiger partial charge in [-0.3, -0.25) is 0 Å². The molecule has 0 heterocycles. The average molecular weight is 386 g/mol. The van der Waals surface area contributed by atoms with E-state index in [9.17, 15) is 8.42 Å².